The lowest BCUT2D eigenvalue weighted by Crippen LogP contribution is -2.33. The van der Waals surface area contributed by atoms with Crippen molar-refractivity contribution in [3.05, 3.63) is 76.2 Å². The van der Waals surface area contributed by atoms with Crippen LogP contribution in [0.4, 0.5) is 0 Å². The molecule has 1 aromatic heterocycles. The second-order valence-corrected chi connectivity index (χ2v) is 6.78. The number of aliphatic hydroxyl groups excluding tert-OH is 1. The lowest BCUT2D eigenvalue weighted by molar-refractivity contribution is -0.139. The van der Waals surface area contributed by atoms with Gasteiger partial charge >= 0.3 is 17.5 Å². The zero-order chi connectivity index (χ0) is 20.8. The summed E-state index contributed by atoms with van der Waals surface area (Å²) in [6.07, 6.45) is 3.70. The first-order chi connectivity index (χ1) is 13.9. The number of rotatable bonds is 7. The number of aromatic nitrogens is 1. The van der Waals surface area contributed by atoms with E-state index in [-0.39, 0.29) is 23.9 Å². The number of fused-ring (bicyclic) bond motifs is 2. The van der Waals surface area contributed by atoms with Crippen molar-refractivity contribution in [2.45, 2.75) is 31.9 Å². The van der Waals surface area contributed by atoms with Gasteiger partial charge in [-0.15, -0.1) is 4.73 Å². The van der Waals surface area contributed by atoms with Gasteiger partial charge in [-0.25, -0.2) is 9.59 Å². The quantitative estimate of drug-likeness (QED) is 0.668. The third-order valence-electron chi connectivity index (χ3n) is 4.48. The van der Waals surface area contributed by atoms with E-state index in [1.807, 2.05) is 25.1 Å². The summed E-state index contributed by atoms with van der Waals surface area (Å²) in [5, 5.41) is 13.7. The van der Waals surface area contributed by atoms with Gasteiger partial charge in [-0.05, 0) is 31.4 Å². The average molecular weight is 398 g/mol. The maximum atomic E-state index is 12.2. The summed E-state index contributed by atoms with van der Waals surface area (Å²) in [5.41, 5.74) is 0.696. The Morgan fingerprint density at radius 2 is 1.83 bits per heavy atom. The van der Waals surface area contributed by atoms with Crippen LogP contribution in [-0.2, 0) is 16.0 Å². The highest BCUT2D eigenvalue weighted by atomic mass is 16.7. The molecule has 2 atom stereocenters. The van der Waals surface area contributed by atoms with E-state index in [2.05, 4.69) is 17.4 Å². The van der Waals surface area contributed by atoms with E-state index in [0.717, 1.165) is 25.0 Å². The van der Waals surface area contributed by atoms with E-state index in [1.54, 1.807) is 0 Å². The lowest BCUT2D eigenvalue weighted by atomic mass is 10.1. The number of benzene rings is 1. The van der Waals surface area contributed by atoms with Crippen LogP contribution < -0.4 is 20.5 Å². The summed E-state index contributed by atoms with van der Waals surface area (Å²) >= 11 is 0. The Bertz CT molecular complexity index is 923. The lowest BCUT2D eigenvalue weighted by Gasteiger charge is -2.18. The number of carbonyl (C=O) groups excluding carboxylic acids is 2. The van der Waals surface area contributed by atoms with Gasteiger partial charge in [0.1, 0.15) is 0 Å². The molecule has 29 heavy (non-hydrogen) atoms. The Kier molecular flexibility index (Phi) is 6.58. The minimum atomic E-state index is -1.01. The van der Waals surface area contributed by atoms with Gasteiger partial charge in [-0.3, -0.25) is 4.79 Å². The fourth-order valence-electron chi connectivity index (χ4n) is 2.84. The standard InChI is InChI=1S/C21H22N2O6/c1-14(7-8-15-5-3-2-4-6-15)22-12-17(24)16-11-18-21(27)23(13-16)29-20(26)10-9-19(25)28-18/h2-6,9-11,13-14,17,22,24H,7-8,12H2,1H3/b10-9+. The van der Waals surface area contributed by atoms with Crippen molar-refractivity contribution in [1.29, 1.82) is 0 Å². The number of aliphatic hydroxyl groups is 1. The van der Waals surface area contributed by atoms with Gasteiger partial charge in [0.2, 0.25) is 0 Å². The van der Waals surface area contributed by atoms with Gasteiger partial charge < -0.3 is 20.0 Å². The van der Waals surface area contributed by atoms with Crippen LogP contribution in [0.3, 0.4) is 0 Å². The van der Waals surface area contributed by atoms with Gasteiger partial charge in [0.15, 0.2) is 5.75 Å². The van der Waals surface area contributed by atoms with Crippen LogP contribution in [0.15, 0.2) is 59.5 Å². The van der Waals surface area contributed by atoms with Gasteiger partial charge in [-0.2, -0.15) is 0 Å². The van der Waals surface area contributed by atoms with Crippen molar-refractivity contribution in [3.8, 4) is 5.75 Å². The molecule has 2 unspecified atom stereocenters. The van der Waals surface area contributed by atoms with E-state index in [4.69, 9.17) is 9.57 Å². The SMILES string of the molecule is CC(CCc1ccccc1)NCC(O)c1cc2c(=O)n(c1)OC(=O)/C=C/C(=O)O2. The Morgan fingerprint density at radius 3 is 2.59 bits per heavy atom. The van der Waals surface area contributed by atoms with Gasteiger partial charge in [0.25, 0.3) is 0 Å². The molecule has 0 spiro atoms. The number of hydrogen-bond donors (Lipinski definition) is 2. The predicted molar refractivity (Wildman–Crippen MR) is 104 cm³/mol. The molecular weight excluding hydrogens is 376 g/mol. The number of esters is 1. The largest absolute Gasteiger partial charge is 0.417 e. The van der Waals surface area contributed by atoms with Crippen LogP contribution in [0, 0.1) is 0 Å². The maximum Gasteiger partial charge on any atom is 0.356 e. The van der Waals surface area contributed by atoms with E-state index in [9.17, 15) is 19.5 Å². The topological polar surface area (TPSA) is 107 Å². The number of carbonyl (C=O) groups is 2. The number of hydrogen-bond acceptors (Lipinski definition) is 7. The van der Waals surface area contributed by atoms with Gasteiger partial charge in [0.05, 0.1) is 12.3 Å². The Morgan fingerprint density at radius 1 is 1.10 bits per heavy atom. The summed E-state index contributed by atoms with van der Waals surface area (Å²) in [7, 11) is 0. The molecule has 1 aromatic carbocycles. The third-order valence-corrected chi connectivity index (χ3v) is 4.48. The summed E-state index contributed by atoms with van der Waals surface area (Å²) in [6.45, 7) is 2.22. The van der Waals surface area contributed by atoms with E-state index in [0.29, 0.717) is 4.73 Å². The molecule has 152 valence electrons. The van der Waals surface area contributed by atoms with Crippen LogP contribution in [0.1, 0.15) is 30.6 Å². The monoisotopic (exact) mass is 398 g/mol. The van der Waals surface area contributed by atoms with E-state index in [1.165, 1.54) is 17.8 Å². The van der Waals surface area contributed by atoms with Crippen LogP contribution in [0.2, 0.25) is 0 Å². The van der Waals surface area contributed by atoms with Crippen LogP contribution in [0.25, 0.3) is 0 Å². The molecule has 0 amide bonds. The van der Waals surface area contributed by atoms with Crippen LogP contribution in [-0.4, -0.2) is 34.4 Å². The highest BCUT2D eigenvalue weighted by molar-refractivity contribution is 5.92. The minimum Gasteiger partial charge on any atom is -0.417 e. The number of nitrogens with one attached hydrogen (secondary N) is 1. The Hall–Kier alpha value is -3.23. The molecule has 3 rings (SSSR count). The molecule has 1 aliphatic rings. The molecule has 2 bridgehead atoms. The number of pyridine rings is 1. The zero-order valence-corrected chi connectivity index (χ0v) is 15.9. The average Bonchev–Trinajstić information content (AvgIpc) is 2.74. The molecule has 0 radical (unpaired) electrons. The first-order valence-electron chi connectivity index (χ1n) is 9.26. The molecule has 0 fully saturated rings. The number of aryl methyl sites for hydroxylation is 1. The molecule has 8 heteroatoms. The predicted octanol–water partition coefficient (Wildman–Crippen LogP) is 0.923. The van der Waals surface area contributed by atoms with Crippen molar-refractivity contribution < 1.29 is 24.3 Å². The second-order valence-electron chi connectivity index (χ2n) is 6.78. The normalized spacial score (nSPS) is 16.6. The number of nitrogens with zero attached hydrogens (tertiary/aromatic N) is 1. The van der Waals surface area contributed by atoms with Crippen LogP contribution in [0.5, 0.6) is 5.75 Å². The van der Waals surface area contributed by atoms with Gasteiger partial charge in [0, 0.05) is 30.3 Å². The molecule has 0 aliphatic carbocycles. The molecule has 1 aliphatic heterocycles. The first kappa shape index (κ1) is 20.5. The molecule has 2 aromatic rings. The van der Waals surface area contributed by atoms with Crippen molar-refractivity contribution in [3.63, 3.8) is 0 Å². The fourth-order valence-corrected chi connectivity index (χ4v) is 2.84. The van der Waals surface area contributed by atoms with Crippen molar-refractivity contribution in [2.75, 3.05) is 6.54 Å². The summed E-state index contributed by atoms with van der Waals surface area (Å²) in [4.78, 5) is 40.3. The minimum absolute atomic E-state index is 0.136. The van der Waals surface area contributed by atoms with Crippen LogP contribution >= 0.6 is 0 Å². The smallest absolute Gasteiger partial charge is 0.356 e. The van der Waals surface area contributed by atoms with Crippen molar-refractivity contribution in [1.82, 2.24) is 10.0 Å². The second kappa shape index (κ2) is 9.31. The molecular formula is C21H22N2O6. The van der Waals surface area contributed by atoms with E-state index >= 15 is 0 Å². The highest BCUT2D eigenvalue weighted by Gasteiger charge is 2.19. The third kappa shape index (κ3) is 5.63. The highest BCUT2D eigenvalue weighted by Crippen LogP contribution is 2.17. The Balaban J connectivity index is 1.65. The summed E-state index contributed by atoms with van der Waals surface area (Å²) in [6, 6.07) is 11.5. The summed E-state index contributed by atoms with van der Waals surface area (Å²) < 4.78 is 5.59. The first-order valence-corrected chi connectivity index (χ1v) is 9.26. The fraction of sp³-hybridized carbons (Fsp3) is 0.286. The van der Waals surface area contributed by atoms with Gasteiger partial charge in [-0.1, -0.05) is 30.3 Å². The molecule has 8 nitrogen and oxygen atoms in total. The molecule has 2 heterocycles. The van der Waals surface area contributed by atoms with Crippen molar-refractivity contribution >= 4 is 11.9 Å². The molecule has 0 saturated heterocycles. The Labute approximate surface area is 167 Å². The zero-order valence-electron chi connectivity index (χ0n) is 15.9. The maximum absolute atomic E-state index is 12.2. The molecule has 0 saturated carbocycles. The van der Waals surface area contributed by atoms with E-state index < -0.39 is 23.6 Å². The molecule has 2 N–H and O–H groups in total. The number of ether oxygens (including phenoxy) is 1. The van der Waals surface area contributed by atoms with Crippen molar-refractivity contribution in [2.24, 2.45) is 0 Å². The summed E-state index contributed by atoms with van der Waals surface area (Å²) in [5.74, 6) is -2.12.